The van der Waals surface area contributed by atoms with Crippen molar-refractivity contribution in [2.75, 3.05) is 31.6 Å². The number of amides is 2. The molecule has 4 rings (SSSR count). The SMILES string of the molecule is O=C(Cc1ccc(-c2ccccc2)cc1)Nc1ccccc1C(=O)N1CCOCC1. The maximum Gasteiger partial charge on any atom is 0.256 e. The van der Waals surface area contributed by atoms with Crippen molar-refractivity contribution in [3.8, 4) is 11.1 Å². The summed E-state index contributed by atoms with van der Waals surface area (Å²) in [4.78, 5) is 27.2. The number of morpholine rings is 1. The molecule has 0 spiro atoms. The summed E-state index contributed by atoms with van der Waals surface area (Å²) in [5, 5.41) is 2.91. The van der Waals surface area contributed by atoms with E-state index < -0.39 is 0 Å². The summed E-state index contributed by atoms with van der Waals surface area (Å²) < 4.78 is 5.32. The van der Waals surface area contributed by atoms with Crippen molar-refractivity contribution in [2.24, 2.45) is 0 Å². The number of ether oxygens (including phenoxy) is 1. The molecule has 1 heterocycles. The third kappa shape index (κ3) is 4.75. The molecule has 0 aliphatic carbocycles. The first kappa shape index (κ1) is 19.9. The van der Waals surface area contributed by atoms with Crippen LogP contribution < -0.4 is 5.32 Å². The molecule has 5 nitrogen and oxygen atoms in total. The van der Waals surface area contributed by atoms with Crippen LogP contribution in [0.25, 0.3) is 11.1 Å². The van der Waals surface area contributed by atoms with E-state index in [1.54, 1.807) is 17.0 Å². The highest BCUT2D eigenvalue weighted by molar-refractivity contribution is 6.04. The highest BCUT2D eigenvalue weighted by Gasteiger charge is 2.21. The summed E-state index contributed by atoms with van der Waals surface area (Å²) in [6.07, 6.45) is 0.245. The fraction of sp³-hybridized carbons (Fsp3) is 0.200. The highest BCUT2D eigenvalue weighted by atomic mass is 16.5. The Morgan fingerprint density at radius 3 is 2.17 bits per heavy atom. The van der Waals surface area contributed by atoms with Gasteiger partial charge in [0.1, 0.15) is 0 Å². The van der Waals surface area contributed by atoms with Gasteiger partial charge in [-0.1, -0.05) is 66.7 Å². The van der Waals surface area contributed by atoms with Gasteiger partial charge in [-0.05, 0) is 28.8 Å². The zero-order chi connectivity index (χ0) is 20.8. The molecule has 30 heavy (non-hydrogen) atoms. The first-order chi connectivity index (χ1) is 14.7. The molecule has 152 valence electrons. The third-order valence-corrected chi connectivity index (χ3v) is 5.16. The molecule has 0 aromatic heterocycles. The second-order valence-corrected chi connectivity index (χ2v) is 7.24. The van der Waals surface area contributed by atoms with Crippen LogP contribution in [0, 0.1) is 0 Å². The van der Waals surface area contributed by atoms with Crippen molar-refractivity contribution in [2.45, 2.75) is 6.42 Å². The molecule has 0 atom stereocenters. The van der Waals surface area contributed by atoms with Crippen LogP contribution in [0.5, 0.6) is 0 Å². The summed E-state index contributed by atoms with van der Waals surface area (Å²) in [6.45, 7) is 2.21. The molecule has 3 aromatic rings. The van der Waals surface area contributed by atoms with Crippen LogP contribution in [0.15, 0.2) is 78.9 Å². The fourth-order valence-electron chi connectivity index (χ4n) is 3.54. The Morgan fingerprint density at radius 1 is 0.800 bits per heavy atom. The average molecular weight is 400 g/mol. The maximum atomic E-state index is 12.9. The molecular weight excluding hydrogens is 376 g/mol. The lowest BCUT2D eigenvalue weighted by Gasteiger charge is -2.27. The summed E-state index contributed by atoms with van der Waals surface area (Å²) in [5.41, 5.74) is 4.22. The van der Waals surface area contributed by atoms with Gasteiger partial charge < -0.3 is 15.0 Å². The van der Waals surface area contributed by atoms with Crippen LogP contribution in [-0.4, -0.2) is 43.0 Å². The number of nitrogens with one attached hydrogen (secondary N) is 1. The van der Waals surface area contributed by atoms with E-state index in [0.717, 1.165) is 16.7 Å². The largest absolute Gasteiger partial charge is 0.378 e. The first-order valence-corrected chi connectivity index (χ1v) is 10.1. The molecule has 0 saturated carbocycles. The van der Waals surface area contributed by atoms with Crippen LogP contribution >= 0.6 is 0 Å². The second-order valence-electron chi connectivity index (χ2n) is 7.24. The van der Waals surface area contributed by atoms with Gasteiger partial charge in [0, 0.05) is 13.1 Å². The molecule has 5 heteroatoms. The van der Waals surface area contributed by atoms with Gasteiger partial charge in [-0.25, -0.2) is 0 Å². The number of anilines is 1. The quantitative estimate of drug-likeness (QED) is 0.704. The topological polar surface area (TPSA) is 58.6 Å². The van der Waals surface area contributed by atoms with E-state index >= 15 is 0 Å². The Kier molecular flexibility index (Phi) is 6.20. The summed E-state index contributed by atoms with van der Waals surface area (Å²) in [6, 6.07) is 25.2. The lowest BCUT2D eigenvalue weighted by atomic mass is 10.0. The Labute approximate surface area is 176 Å². The van der Waals surface area contributed by atoms with E-state index in [1.165, 1.54) is 0 Å². The highest BCUT2D eigenvalue weighted by Crippen LogP contribution is 2.21. The number of hydrogen-bond donors (Lipinski definition) is 1. The molecule has 3 aromatic carbocycles. The lowest BCUT2D eigenvalue weighted by Crippen LogP contribution is -2.41. The number of carbonyl (C=O) groups is 2. The van der Waals surface area contributed by atoms with Gasteiger partial charge in [-0.3, -0.25) is 9.59 Å². The minimum Gasteiger partial charge on any atom is -0.378 e. The van der Waals surface area contributed by atoms with Gasteiger partial charge >= 0.3 is 0 Å². The van der Waals surface area contributed by atoms with Crippen molar-refractivity contribution in [1.29, 1.82) is 0 Å². The van der Waals surface area contributed by atoms with Crippen molar-refractivity contribution in [3.63, 3.8) is 0 Å². The smallest absolute Gasteiger partial charge is 0.256 e. The van der Waals surface area contributed by atoms with Gasteiger partial charge in [0.05, 0.1) is 30.9 Å². The Balaban J connectivity index is 1.42. The Hall–Kier alpha value is -3.44. The van der Waals surface area contributed by atoms with E-state index in [9.17, 15) is 9.59 Å². The Bertz CT molecular complexity index is 1010. The van der Waals surface area contributed by atoms with Crippen LogP contribution in [0.2, 0.25) is 0 Å². The molecule has 2 amide bonds. The van der Waals surface area contributed by atoms with Crippen LogP contribution in [0.3, 0.4) is 0 Å². The summed E-state index contributed by atoms with van der Waals surface area (Å²) in [5.74, 6) is -0.230. The predicted octanol–water partition coefficient (Wildman–Crippen LogP) is 4.01. The molecule has 1 aliphatic rings. The van der Waals surface area contributed by atoms with Gasteiger partial charge in [0.25, 0.3) is 5.91 Å². The van der Waals surface area contributed by atoms with E-state index in [1.807, 2.05) is 54.6 Å². The molecule has 1 saturated heterocycles. The monoisotopic (exact) mass is 400 g/mol. The number of para-hydroxylation sites is 1. The van der Waals surface area contributed by atoms with E-state index in [0.29, 0.717) is 37.6 Å². The third-order valence-electron chi connectivity index (χ3n) is 5.16. The average Bonchev–Trinajstić information content (AvgIpc) is 2.80. The zero-order valence-electron chi connectivity index (χ0n) is 16.7. The number of carbonyl (C=O) groups excluding carboxylic acids is 2. The van der Waals surface area contributed by atoms with E-state index in [4.69, 9.17) is 4.74 Å². The van der Waals surface area contributed by atoms with E-state index in [2.05, 4.69) is 17.4 Å². The number of nitrogens with zero attached hydrogens (tertiary/aromatic N) is 1. The van der Waals surface area contributed by atoms with Gasteiger partial charge in [0.15, 0.2) is 0 Å². The van der Waals surface area contributed by atoms with Crippen LogP contribution in [0.4, 0.5) is 5.69 Å². The molecule has 1 fully saturated rings. The van der Waals surface area contributed by atoms with Crippen molar-refractivity contribution < 1.29 is 14.3 Å². The molecule has 0 unspecified atom stereocenters. The predicted molar refractivity (Wildman–Crippen MR) is 117 cm³/mol. The summed E-state index contributed by atoms with van der Waals surface area (Å²) >= 11 is 0. The normalized spacial score (nSPS) is 13.7. The number of rotatable bonds is 5. The zero-order valence-corrected chi connectivity index (χ0v) is 16.7. The molecule has 1 aliphatic heterocycles. The van der Waals surface area contributed by atoms with Crippen molar-refractivity contribution in [3.05, 3.63) is 90.0 Å². The number of benzene rings is 3. The van der Waals surface area contributed by atoms with Gasteiger partial charge in [0.2, 0.25) is 5.91 Å². The second kappa shape index (κ2) is 9.37. The molecule has 0 bridgehead atoms. The first-order valence-electron chi connectivity index (χ1n) is 10.1. The van der Waals surface area contributed by atoms with Crippen molar-refractivity contribution >= 4 is 17.5 Å². The van der Waals surface area contributed by atoms with Gasteiger partial charge in [-0.2, -0.15) is 0 Å². The lowest BCUT2D eigenvalue weighted by molar-refractivity contribution is -0.115. The number of hydrogen-bond acceptors (Lipinski definition) is 3. The molecular formula is C25H24N2O3. The van der Waals surface area contributed by atoms with Gasteiger partial charge in [-0.15, -0.1) is 0 Å². The fourth-order valence-corrected chi connectivity index (χ4v) is 3.54. The minimum absolute atomic E-state index is 0.0820. The minimum atomic E-state index is -0.148. The molecule has 0 radical (unpaired) electrons. The van der Waals surface area contributed by atoms with E-state index in [-0.39, 0.29) is 18.2 Å². The molecule has 1 N–H and O–H groups in total. The standard InChI is InChI=1S/C25H24N2O3/c28-24(18-19-10-12-21(13-11-19)20-6-2-1-3-7-20)26-23-9-5-4-8-22(23)25(29)27-14-16-30-17-15-27/h1-13H,14-18H2,(H,26,28). The van der Waals surface area contributed by atoms with Crippen molar-refractivity contribution in [1.82, 2.24) is 4.90 Å². The Morgan fingerprint density at radius 2 is 1.43 bits per heavy atom. The van der Waals surface area contributed by atoms with Crippen LogP contribution in [-0.2, 0) is 16.0 Å². The maximum absolute atomic E-state index is 12.9. The summed E-state index contributed by atoms with van der Waals surface area (Å²) in [7, 11) is 0. The van der Waals surface area contributed by atoms with Crippen LogP contribution in [0.1, 0.15) is 15.9 Å².